The Morgan fingerprint density at radius 3 is 2.75 bits per heavy atom. The van der Waals surface area contributed by atoms with Gasteiger partial charge in [0, 0.05) is 13.0 Å². The highest BCUT2D eigenvalue weighted by Gasteiger charge is 2.31. The Morgan fingerprint density at radius 2 is 1.93 bits per heavy atom. The number of hydrogen-bond acceptors (Lipinski definition) is 5. The number of amides is 1. The molecule has 0 unspecified atom stereocenters. The lowest BCUT2D eigenvalue weighted by molar-refractivity contribution is -0.143. The normalized spacial score (nSPS) is 15.6. The summed E-state index contributed by atoms with van der Waals surface area (Å²) < 4.78 is 5.52. The van der Waals surface area contributed by atoms with Crippen LogP contribution in [0.25, 0.3) is 16.8 Å². The van der Waals surface area contributed by atoms with Crippen LogP contribution in [0.4, 0.5) is 0 Å². The summed E-state index contributed by atoms with van der Waals surface area (Å²) in [6.45, 7) is 2.80. The first-order valence-electron chi connectivity index (χ1n) is 9.49. The van der Waals surface area contributed by atoms with E-state index in [9.17, 15) is 9.59 Å². The van der Waals surface area contributed by atoms with E-state index in [1.165, 1.54) is 11.8 Å². The second-order valence-electron chi connectivity index (χ2n) is 6.52. The van der Waals surface area contributed by atoms with Crippen molar-refractivity contribution < 1.29 is 14.3 Å². The number of nitrogens with zero attached hydrogens (tertiary/aromatic N) is 1. The lowest BCUT2D eigenvalue weighted by Gasteiger charge is -2.14. The van der Waals surface area contributed by atoms with Crippen LogP contribution >= 0.6 is 24.0 Å². The predicted molar refractivity (Wildman–Crippen MR) is 119 cm³/mol. The van der Waals surface area contributed by atoms with Crippen LogP contribution in [0.15, 0.2) is 47.4 Å². The number of carbonyl (C=O) groups excluding carboxylic acids is 2. The van der Waals surface area contributed by atoms with Crippen LogP contribution in [0.3, 0.4) is 0 Å². The smallest absolute Gasteiger partial charge is 0.305 e. The fraction of sp³-hybridized carbons (Fsp3) is 0.318. The van der Waals surface area contributed by atoms with Crippen LogP contribution in [0.2, 0.25) is 0 Å². The van der Waals surface area contributed by atoms with Crippen molar-refractivity contribution in [1.82, 2.24) is 4.90 Å². The third-order valence-corrected chi connectivity index (χ3v) is 5.93. The van der Waals surface area contributed by atoms with Gasteiger partial charge in [0.05, 0.1) is 11.5 Å². The van der Waals surface area contributed by atoms with Crippen molar-refractivity contribution in [3.63, 3.8) is 0 Å². The molecular formula is C22H23NO3S2. The maximum atomic E-state index is 12.8. The van der Waals surface area contributed by atoms with Crippen LogP contribution in [-0.4, -0.2) is 34.2 Å². The molecule has 0 saturated carbocycles. The number of thioether (sulfide) groups is 1. The highest BCUT2D eigenvalue weighted by atomic mass is 32.2. The Hall–Kier alpha value is -2.18. The number of hydrogen-bond donors (Lipinski definition) is 0. The molecule has 4 nitrogen and oxygen atoms in total. The Labute approximate surface area is 174 Å². The average Bonchev–Trinajstić information content (AvgIpc) is 2.95. The van der Waals surface area contributed by atoms with E-state index in [-0.39, 0.29) is 11.9 Å². The fourth-order valence-electron chi connectivity index (χ4n) is 3.16. The molecule has 1 aliphatic heterocycles. The second kappa shape index (κ2) is 9.85. The Balaban J connectivity index is 1.60. The summed E-state index contributed by atoms with van der Waals surface area (Å²) in [5, 5.41) is 2.27. The zero-order chi connectivity index (χ0) is 19.9. The predicted octanol–water partition coefficient (Wildman–Crippen LogP) is 5.16. The number of fused-ring (bicyclic) bond motifs is 1. The number of esters is 1. The van der Waals surface area contributed by atoms with Crippen LogP contribution in [-0.2, 0) is 14.3 Å². The van der Waals surface area contributed by atoms with E-state index in [1.54, 1.807) is 11.8 Å². The maximum Gasteiger partial charge on any atom is 0.305 e. The highest BCUT2D eigenvalue weighted by Crippen LogP contribution is 2.34. The lowest BCUT2D eigenvalue weighted by Crippen LogP contribution is -2.29. The molecule has 0 atom stereocenters. The number of carbonyl (C=O) groups is 2. The van der Waals surface area contributed by atoms with E-state index < -0.39 is 0 Å². The molecule has 28 heavy (non-hydrogen) atoms. The van der Waals surface area contributed by atoms with Crippen molar-refractivity contribution in [3.05, 3.63) is 52.9 Å². The molecule has 1 amide bonds. The van der Waals surface area contributed by atoms with Gasteiger partial charge in [-0.1, -0.05) is 72.9 Å². The molecule has 0 spiro atoms. The van der Waals surface area contributed by atoms with Gasteiger partial charge < -0.3 is 4.74 Å². The van der Waals surface area contributed by atoms with Crippen LogP contribution in [0.5, 0.6) is 0 Å². The quantitative estimate of drug-likeness (QED) is 0.259. The van der Waals surface area contributed by atoms with Crippen LogP contribution in [0, 0.1) is 0 Å². The van der Waals surface area contributed by atoms with E-state index in [0.717, 1.165) is 35.6 Å². The van der Waals surface area contributed by atoms with Crippen molar-refractivity contribution in [2.45, 2.75) is 32.6 Å². The monoisotopic (exact) mass is 413 g/mol. The van der Waals surface area contributed by atoms with Gasteiger partial charge in [0.25, 0.3) is 5.91 Å². The summed E-state index contributed by atoms with van der Waals surface area (Å²) in [6.07, 6.45) is 4.79. The third-order valence-electron chi connectivity index (χ3n) is 4.55. The van der Waals surface area contributed by atoms with Crippen molar-refractivity contribution >= 4 is 57.0 Å². The topological polar surface area (TPSA) is 46.6 Å². The molecule has 0 bridgehead atoms. The second-order valence-corrected chi connectivity index (χ2v) is 8.19. The first-order chi connectivity index (χ1) is 13.6. The van der Waals surface area contributed by atoms with Gasteiger partial charge in [-0.2, -0.15) is 0 Å². The largest absolute Gasteiger partial charge is 0.466 e. The number of rotatable bonds is 8. The van der Waals surface area contributed by atoms with Gasteiger partial charge in [-0.05, 0) is 42.2 Å². The average molecular weight is 414 g/mol. The molecule has 0 aliphatic carbocycles. The first kappa shape index (κ1) is 20.6. The summed E-state index contributed by atoms with van der Waals surface area (Å²) in [5.41, 5.74) is 1.02. The zero-order valence-corrected chi connectivity index (χ0v) is 17.5. The van der Waals surface area contributed by atoms with Crippen molar-refractivity contribution in [3.8, 4) is 0 Å². The molecule has 1 fully saturated rings. The van der Waals surface area contributed by atoms with E-state index >= 15 is 0 Å². The molecule has 3 rings (SSSR count). The minimum Gasteiger partial charge on any atom is -0.466 e. The van der Waals surface area contributed by atoms with E-state index in [1.807, 2.05) is 30.3 Å². The molecule has 6 heteroatoms. The van der Waals surface area contributed by atoms with E-state index in [2.05, 4.69) is 18.2 Å². The number of ether oxygens (including phenoxy) is 1. The summed E-state index contributed by atoms with van der Waals surface area (Å²) >= 11 is 6.77. The molecule has 1 saturated heterocycles. The standard InChI is InChI=1S/C22H23NO3S2/c1-2-26-20(24)13-4-3-7-14-23-21(25)19(28-22(23)27)15-17-11-8-10-16-9-5-6-12-18(16)17/h5-6,8-12,15H,2-4,7,13-14H2,1H3/b19-15-. The molecular weight excluding hydrogens is 390 g/mol. The first-order valence-corrected chi connectivity index (χ1v) is 10.7. The number of unbranched alkanes of at least 4 members (excludes halogenated alkanes) is 2. The van der Waals surface area contributed by atoms with Gasteiger partial charge in [0.2, 0.25) is 0 Å². The number of benzene rings is 2. The van der Waals surface area contributed by atoms with Gasteiger partial charge in [-0.25, -0.2) is 0 Å². The highest BCUT2D eigenvalue weighted by molar-refractivity contribution is 8.26. The lowest BCUT2D eigenvalue weighted by atomic mass is 10.0. The third kappa shape index (κ3) is 5.00. The molecule has 0 N–H and O–H groups in total. The van der Waals surface area contributed by atoms with E-state index in [4.69, 9.17) is 17.0 Å². The Morgan fingerprint density at radius 1 is 1.14 bits per heavy atom. The minimum absolute atomic E-state index is 0.0340. The Kier molecular flexibility index (Phi) is 7.23. The minimum atomic E-state index is -0.161. The van der Waals surface area contributed by atoms with Crippen LogP contribution < -0.4 is 0 Å². The molecule has 2 aromatic rings. The number of thiocarbonyl (C=S) groups is 1. The van der Waals surface area contributed by atoms with Gasteiger partial charge in [-0.3, -0.25) is 14.5 Å². The molecule has 1 aliphatic rings. The molecule has 0 aromatic heterocycles. The summed E-state index contributed by atoms with van der Waals surface area (Å²) in [6, 6.07) is 14.2. The molecule has 1 heterocycles. The maximum absolute atomic E-state index is 12.8. The Bertz CT molecular complexity index is 918. The SMILES string of the molecule is CCOC(=O)CCCCCN1C(=O)/C(=C/c2cccc3ccccc23)SC1=S. The van der Waals surface area contributed by atoms with Crippen LogP contribution in [0.1, 0.15) is 38.2 Å². The van der Waals surface area contributed by atoms with E-state index in [0.29, 0.717) is 28.8 Å². The van der Waals surface area contributed by atoms with Crippen molar-refractivity contribution in [1.29, 1.82) is 0 Å². The molecule has 0 radical (unpaired) electrons. The summed E-state index contributed by atoms with van der Waals surface area (Å²) in [7, 11) is 0. The zero-order valence-electron chi connectivity index (χ0n) is 15.8. The fourth-order valence-corrected chi connectivity index (χ4v) is 4.46. The van der Waals surface area contributed by atoms with Gasteiger partial charge >= 0.3 is 5.97 Å². The summed E-state index contributed by atoms with van der Waals surface area (Å²) in [4.78, 5) is 26.5. The van der Waals surface area contributed by atoms with Gasteiger partial charge in [0.1, 0.15) is 4.32 Å². The van der Waals surface area contributed by atoms with Gasteiger partial charge in [-0.15, -0.1) is 0 Å². The van der Waals surface area contributed by atoms with Crippen molar-refractivity contribution in [2.24, 2.45) is 0 Å². The molecule has 146 valence electrons. The van der Waals surface area contributed by atoms with Crippen molar-refractivity contribution in [2.75, 3.05) is 13.2 Å². The van der Waals surface area contributed by atoms with Gasteiger partial charge in [0.15, 0.2) is 0 Å². The molecule has 2 aromatic carbocycles. The summed E-state index contributed by atoms with van der Waals surface area (Å²) in [5.74, 6) is -0.195.